The molecular formula is C19H14BrClN2O4S. The first-order valence-corrected chi connectivity index (χ1v) is 10.0. The van der Waals surface area contributed by atoms with E-state index < -0.39 is 11.1 Å². The highest BCUT2D eigenvalue weighted by atomic mass is 79.9. The molecule has 3 amide bonds. The van der Waals surface area contributed by atoms with Crippen LogP contribution in [-0.2, 0) is 9.59 Å². The van der Waals surface area contributed by atoms with E-state index in [0.29, 0.717) is 22.0 Å². The molecule has 1 heterocycles. The molecule has 1 aliphatic rings. The first-order valence-electron chi connectivity index (χ1n) is 8.05. The van der Waals surface area contributed by atoms with Crippen molar-refractivity contribution in [3.63, 3.8) is 0 Å². The fraction of sp³-hybridized carbons (Fsp3) is 0.105. The molecule has 0 unspecified atom stereocenters. The van der Waals surface area contributed by atoms with Gasteiger partial charge in [0.05, 0.1) is 4.91 Å². The highest BCUT2D eigenvalue weighted by Gasteiger charge is 2.25. The average molecular weight is 482 g/mol. The largest absolute Gasteiger partial charge is 0.483 e. The Labute approximate surface area is 178 Å². The number of aryl methyl sites for hydroxylation is 1. The fourth-order valence-electron chi connectivity index (χ4n) is 2.34. The van der Waals surface area contributed by atoms with Gasteiger partial charge >= 0.3 is 0 Å². The van der Waals surface area contributed by atoms with E-state index in [1.54, 1.807) is 36.4 Å². The third-order valence-corrected chi connectivity index (χ3v) is 5.43. The lowest BCUT2D eigenvalue weighted by Crippen LogP contribution is -2.20. The number of nitrogens with one attached hydrogen (secondary N) is 2. The molecule has 28 heavy (non-hydrogen) atoms. The van der Waals surface area contributed by atoms with Crippen molar-refractivity contribution in [2.75, 3.05) is 11.9 Å². The SMILES string of the molecule is Cc1ccc(NC(=O)COc2ccc(Br)cc2/C=C2\SC(=O)NC2=O)cc1Cl. The van der Waals surface area contributed by atoms with Gasteiger partial charge in [0.1, 0.15) is 5.75 Å². The summed E-state index contributed by atoms with van der Waals surface area (Å²) in [5.74, 6) is -0.417. The molecule has 0 atom stereocenters. The lowest BCUT2D eigenvalue weighted by atomic mass is 10.2. The molecule has 2 N–H and O–H groups in total. The summed E-state index contributed by atoms with van der Waals surface area (Å²) < 4.78 is 6.38. The van der Waals surface area contributed by atoms with Crippen molar-refractivity contribution < 1.29 is 19.1 Å². The molecular weight excluding hydrogens is 468 g/mol. The maximum atomic E-state index is 12.2. The predicted molar refractivity (Wildman–Crippen MR) is 114 cm³/mol. The Bertz CT molecular complexity index is 1010. The van der Waals surface area contributed by atoms with Gasteiger partial charge in [0.25, 0.3) is 17.1 Å². The number of amides is 3. The van der Waals surface area contributed by atoms with Crippen molar-refractivity contribution in [1.29, 1.82) is 0 Å². The number of anilines is 1. The van der Waals surface area contributed by atoms with Crippen molar-refractivity contribution in [3.05, 3.63) is 61.9 Å². The predicted octanol–water partition coefficient (Wildman–Crippen LogP) is 4.75. The summed E-state index contributed by atoms with van der Waals surface area (Å²) in [6, 6.07) is 10.4. The van der Waals surface area contributed by atoms with E-state index >= 15 is 0 Å². The van der Waals surface area contributed by atoms with E-state index in [2.05, 4.69) is 26.6 Å². The number of hydrogen-bond donors (Lipinski definition) is 2. The van der Waals surface area contributed by atoms with E-state index in [1.165, 1.54) is 0 Å². The van der Waals surface area contributed by atoms with Crippen molar-refractivity contribution in [3.8, 4) is 5.75 Å². The summed E-state index contributed by atoms with van der Waals surface area (Å²) in [4.78, 5) is 35.5. The quantitative estimate of drug-likeness (QED) is 0.602. The number of hydrogen-bond acceptors (Lipinski definition) is 5. The summed E-state index contributed by atoms with van der Waals surface area (Å²) in [5.41, 5.74) is 2.04. The molecule has 1 saturated heterocycles. The van der Waals surface area contributed by atoms with Crippen LogP contribution in [0.3, 0.4) is 0 Å². The van der Waals surface area contributed by atoms with Crippen molar-refractivity contribution in [2.24, 2.45) is 0 Å². The Balaban J connectivity index is 1.71. The second kappa shape index (κ2) is 8.81. The minimum absolute atomic E-state index is 0.235. The van der Waals surface area contributed by atoms with Gasteiger partial charge in [0.15, 0.2) is 6.61 Å². The molecule has 0 bridgehead atoms. The average Bonchev–Trinajstić information content (AvgIpc) is 2.94. The zero-order valence-electron chi connectivity index (χ0n) is 14.5. The first-order chi connectivity index (χ1) is 13.3. The Morgan fingerprint density at radius 1 is 1.29 bits per heavy atom. The number of halogens is 2. The van der Waals surface area contributed by atoms with Crippen LogP contribution in [0.15, 0.2) is 45.8 Å². The smallest absolute Gasteiger partial charge is 0.290 e. The maximum Gasteiger partial charge on any atom is 0.290 e. The van der Waals surface area contributed by atoms with Gasteiger partial charge in [-0.05, 0) is 60.7 Å². The zero-order valence-corrected chi connectivity index (χ0v) is 17.7. The van der Waals surface area contributed by atoms with Gasteiger partial charge in [-0.3, -0.25) is 19.7 Å². The van der Waals surface area contributed by atoms with Crippen LogP contribution < -0.4 is 15.4 Å². The Morgan fingerprint density at radius 3 is 2.75 bits per heavy atom. The molecule has 2 aromatic carbocycles. The van der Waals surface area contributed by atoms with Crippen LogP contribution in [0.1, 0.15) is 11.1 Å². The van der Waals surface area contributed by atoms with Crippen LogP contribution in [0.25, 0.3) is 6.08 Å². The highest BCUT2D eigenvalue weighted by molar-refractivity contribution is 9.10. The second-order valence-corrected chi connectivity index (χ2v) is 8.17. The van der Waals surface area contributed by atoms with E-state index in [-0.39, 0.29) is 17.4 Å². The van der Waals surface area contributed by atoms with Crippen molar-refractivity contribution >= 4 is 68.1 Å². The Hall–Kier alpha value is -2.29. The van der Waals surface area contributed by atoms with E-state index in [9.17, 15) is 14.4 Å². The lowest BCUT2D eigenvalue weighted by Gasteiger charge is -2.11. The summed E-state index contributed by atoms with van der Waals surface area (Å²) in [6.07, 6.45) is 1.54. The molecule has 1 fully saturated rings. The lowest BCUT2D eigenvalue weighted by molar-refractivity contribution is -0.118. The van der Waals surface area contributed by atoms with Gasteiger partial charge < -0.3 is 10.1 Å². The highest BCUT2D eigenvalue weighted by Crippen LogP contribution is 2.31. The number of carbonyl (C=O) groups is 3. The number of ether oxygens (including phenoxy) is 1. The standard InChI is InChI=1S/C19H14BrClN2O4S/c1-10-2-4-13(8-14(10)21)22-17(24)9-27-15-5-3-12(20)6-11(15)7-16-18(25)23-19(26)28-16/h2-8H,9H2,1H3,(H,22,24)(H,23,25,26)/b16-7-. The number of thioether (sulfide) groups is 1. The molecule has 0 spiro atoms. The summed E-state index contributed by atoms with van der Waals surface area (Å²) >= 11 is 10.2. The van der Waals surface area contributed by atoms with Crippen LogP contribution in [0.5, 0.6) is 5.75 Å². The van der Waals surface area contributed by atoms with Gasteiger partial charge in [-0.2, -0.15) is 0 Å². The molecule has 144 valence electrons. The van der Waals surface area contributed by atoms with Crippen LogP contribution in [0.4, 0.5) is 10.5 Å². The second-order valence-electron chi connectivity index (χ2n) is 5.84. The van der Waals surface area contributed by atoms with Gasteiger partial charge in [-0.25, -0.2) is 0 Å². The molecule has 0 aromatic heterocycles. The van der Waals surface area contributed by atoms with Crippen molar-refractivity contribution in [2.45, 2.75) is 6.92 Å². The number of carbonyl (C=O) groups excluding carboxylic acids is 3. The molecule has 1 aliphatic heterocycles. The van der Waals surface area contributed by atoms with Gasteiger partial charge in [0, 0.05) is 20.7 Å². The summed E-state index contributed by atoms with van der Waals surface area (Å²) in [7, 11) is 0. The third kappa shape index (κ3) is 5.15. The summed E-state index contributed by atoms with van der Waals surface area (Å²) in [6.45, 7) is 1.64. The fourth-order valence-corrected chi connectivity index (χ4v) is 3.57. The number of rotatable bonds is 5. The Morgan fingerprint density at radius 2 is 2.07 bits per heavy atom. The van der Waals surface area contributed by atoms with Crippen molar-refractivity contribution in [1.82, 2.24) is 5.32 Å². The summed E-state index contributed by atoms with van der Waals surface area (Å²) in [5, 5.41) is 5.04. The van der Waals surface area contributed by atoms with Gasteiger partial charge in [-0.15, -0.1) is 0 Å². The van der Waals surface area contributed by atoms with E-state index in [4.69, 9.17) is 16.3 Å². The number of benzene rings is 2. The molecule has 2 aromatic rings. The molecule has 0 saturated carbocycles. The zero-order chi connectivity index (χ0) is 20.3. The minimum atomic E-state index is -0.463. The topological polar surface area (TPSA) is 84.5 Å². The molecule has 3 rings (SSSR count). The molecule has 0 radical (unpaired) electrons. The van der Waals surface area contributed by atoms with E-state index in [1.807, 2.05) is 13.0 Å². The monoisotopic (exact) mass is 480 g/mol. The molecule has 6 nitrogen and oxygen atoms in total. The minimum Gasteiger partial charge on any atom is -0.483 e. The first kappa shape index (κ1) is 20.4. The normalized spacial score (nSPS) is 14.9. The van der Waals surface area contributed by atoms with Gasteiger partial charge in [-0.1, -0.05) is 33.6 Å². The third-order valence-electron chi connectivity index (χ3n) is 3.71. The molecule has 0 aliphatic carbocycles. The van der Waals surface area contributed by atoms with Crippen LogP contribution in [0, 0.1) is 6.92 Å². The van der Waals surface area contributed by atoms with Gasteiger partial charge in [0.2, 0.25) is 0 Å². The molecule has 9 heteroatoms. The van der Waals surface area contributed by atoms with Crippen LogP contribution >= 0.6 is 39.3 Å². The van der Waals surface area contributed by atoms with E-state index in [0.717, 1.165) is 21.8 Å². The Kier molecular flexibility index (Phi) is 6.43. The maximum absolute atomic E-state index is 12.2. The number of imide groups is 1. The van der Waals surface area contributed by atoms with Crippen LogP contribution in [-0.4, -0.2) is 23.7 Å². The van der Waals surface area contributed by atoms with Crippen LogP contribution in [0.2, 0.25) is 5.02 Å².